The SMILES string of the molecule is O=C(c1ccc(F)cc1)N1CC[C@](O)(CN2CCC(F)(F)CC2)C1. The Morgan fingerprint density at radius 2 is 1.71 bits per heavy atom. The highest BCUT2D eigenvalue weighted by molar-refractivity contribution is 5.94. The summed E-state index contributed by atoms with van der Waals surface area (Å²) in [7, 11) is 0. The van der Waals surface area contributed by atoms with Gasteiger partial charge in [-0.2, -0.15) is 0 Å². The number of nitrogens with zero attached hydrogens (tertiary/aromatic N) is 2. The van der Waals surface area contributed by atoms with E-state index in [-0.39, 0.29) is 44.9 Å². The molecule has 0 aliphatic carbocycles. The van der Waals surface area contributed by atoms with Gasteiger partial charge in [0.05, 0.1) is 12.1 Å². The Labute approximate surface area is 138 Å². The molecule has 0 saturated carbocycles. The van der Waals surface area contributed by atoms with Gasteiger partial charge < -0.3 is 10.0 Å². The molecule has 2 saturated heterocycles. The Morgan fingerprint density at radius 1 is 1.08 bits per heavy atom. The summed E-state index contributed by atoms with van der Waals surface area (Å²) in [6.07, 6.45) is 0.0233. The van der Waals surface area contributed by atoms with Crippen molar-refractivity contribution < 1.29 is 23.1 Å². The molecule has 1 amide bonds. The number of carbonyl (C=O) groups excluding carboxylic acids is 1. The van der Waals surface area contributed by atoms with E-state index in [0.29, 0.717) is 18.5 Å². The minimum atomic E-state index is -2.61. The lowest BCUT2D eigenvalue weighted by Gasteiger charge is -2.36. The number of rotatable bonds is 3. The second kappa shape index (κ2) is 6.37. The van der Waals surface area contributed by atoms with Gasteiger partial charge in [-0.25, -0.2) is 13.2 Å². The second-order valence-electron chi connectivity index (χ2n) is 6.84. The number of piperidine rings is 1. The topological polar surface area (TPSA) is 43.8 Å². The maximum absolute atomic E-state index is 13.2. The van der Waals surface area contributed by atoms with Crippen LogP contribution in [-0.4, -0.2) is 65.1 Å². The van der Waals surface area contributed by atoms with E-state index in [1.54, 1.807) is 0 Å². The van der Waals surface area contributed by atoms with E-state index < -0.39 is 17.3 Å². The van der Waals surface area contributed by atoms with Crippen LogP contribution in [0.2, 0.25) is 0 Å². The molecule has 2 aliphatic heterocycles. The molecule has 1 atom stereocenters. The van der Waals surface area contributed by atoms with Gasteiger partial charge in [0.1, 0.15) is 5.82 Å². The summed E-state index contributed by atoms with van der Waals surface area (Å²) >= 11 is 0. The summed E-state index contributed by atoms with van der Waals surface area (Å²) in [6, 6.07) is 5.29. The zero-order valence-corrected chi connectivity index (χ0v) is 13.4. The van der Waals surface area contributed by atoms with Crippen molar-refractivity contribution in [2.75, 3.05) is 32.7 Å². The molecule has 2 fully saturated rings. The van der Waals surface area contributed by atoms with E-state index in [1.807, 2.05) is 4.90 Å². The van der Waals surface area contributed by atoms with E-state index >= 15 is 0 Å². The van der Waals surface area contributed by atoms with Crippen LogP contribution in [0.5, 0.6) is 0 Å². The van der Waals surface area contributed by atoms with Crippen LogP contribution in [-0.2, 0) is 0 Å². The van der Waals surface area contributed by atoms with Crippen LogP contribution in [0.4, 0.5) is 13.2 Å². The third-order valence-electron chi connectivity index (χ3n) is 4.82. The minimum absolute atomic E-state index is 0.163. The molecule has 0 spiro atoms. The van der Waals surface area contributed by atoms with Crippen molar-refractivity contribution in [2.24, 2.45) is 0 Å². The lowest BCUT2D eigenvalue weighted by Crippen LogP contribution is -2.49. The first-order valence-electron chi connectivity index (χ1n) is 8.14. The average molecular weight is 342 g/mol. The Kier molecular flexibility index (Phi) is 4.57. The molecule has 0 radical (unpaired) electrons. The van der Waals surface area contributed by atoms with Crippen molar-refractivity contribution in [3.63, 3.8) is 0 Å². The molecule has 1 aromatic carbocycles. The van der Waals surface area contributed by atoms with Gasteiger partial charge in [-0.05, 0) is 30.7 Å². The summed E-state index contributed by atoms with van der Waals surface area (Å²) in [4.78, 5) is 15.8. The Morgan fingerprint density at radius 3 is 2.33 bits per heavy atom. The fourth-order valence-corrected chi connectivity index (χ4v) is 3.39. The highest BCUT2D eigenvalue weighted by Gasteiger charge is 2.42. The summed E-state index contributed by atoms with van der Waals surface area (Å²) < 4.78 is 39.3. The predicted octanol–water partition coefficient (Wildman–Crippen LogP) is 2.13. The number of benzene rings is 1. The third kappa shape index (κ3) is 3.89. The number of carbonyl (C=O) groups is 1. The summed E-state index contributed by atoms with van der Waals surface area (Å²) in [6.45, 7) is 1.35. The Bertz CT molecular complexity index is 598. The molecule has 1 N–H and O–H groups in total. The molecule has 0 aromatic heterocycles. The summed E-state index contributed by atoms with van der Waals surface area (Å²) in [5.41, 5.74) is -0.708. The number of hydrogen-bond donors (Lipinski definition) is 1. The van der Waals surface area contributed by atoms with E-state index in [1.165, 1.54) is 29.2 Å². The molecular weight excluding hydrogens is 321 g/mol. The number of likely N-dealkylation sites (tertiary alicyclic amines) is 2. The van der Waals surface area contributed by atoms with Gasteiger partial charge in [0, 0.05) is 44.6 Å². The van der Waals surface area contributed by atoms with Crippen LogP contribution in [0.3, 0.4) is 0 Å². The Hall–Kier alpha value is -1.60. The van der Waals surface area contributed by atoms with Crippen molar-refractivity contribution in [2.45, 2.75) is 30.8 Å². The van der Waals surface area contributed by atoms with E-state index in [2.05, 4.69) is 0 Å². The number of aliphatic hydroxyl groups is 1. The number of amides is 1. The van der Waals surface area contributed by atoms with Crippen LogP contribution >= 0.6 is 0 Å². The molecule has 2 heterocycles. The maximum atomic E-state index is 13.2. The van der Waals surface area contributed by atoms with Crippen LogP contribution in [0.1, 0.15) is 29.6 Å². The van der Waals surface area contributed by atoms with Crippen LogP contribution in [0.25, 0.3) is 0 Å². The zero-order valence-electron chi connectivity index (χ0n) is 13.4. The highest BCUT2D eigenvalue weighted by Crippen LogP contribution is 2.30. The first-order chi connectivity index (χ1) is 11.3. The molecule has 1 aromatic rings. The Balaban J connectivity index is 1.57. The van der Waals surface area contributed by atoms with Crippen molar-refractivity contribution in [1.29, 1.82) is 0 Å². The van der Waals surface area contributed by atoms with Gasteiger partial charge in [-0.1, -0.05) is 0 Å². The van der Waals surface area contributed by atoms with Crippen LogP contribution in [0, 0.1) is 5.82 Å². The van der Waals surface area contributed by atoms with E-state index in [0.717, 1.165) is 0 Å². The fourth-order valence-electron chi connectivity index (χ4n) is 3.39. The smallest absolute Gasteiger partial charge is 0.253 e. The normalized spacial score (nSPS) is 27.4. The van der Waals surface area contributed by atoms with E-state index in [4.69, 9.17) is 0 Å². The lowest BCUT2D eigenvalue weighted by atomic mass is 10.00. The third-order valence-corrected chi connectivity index (χ3v) is 4.82. The highest BCUT2D eigenvalue weighted by atomic mass is 19.3. The van der Waals surface area contributed by atoms with Gasteiger partial charge in [0.2, 0.25) is 0 Å². The van der Waals surface area contributed by atoms with Gasteiger partial charge in [0.15, 0.2) is 0 Å². The molecular formula is C17H21F3N2O2. The first-order valence-corrected chi connectivity index (χ1v) is 8.14. The second-order valence-corrected chi connectivity index (χ2v) is 6.84. The van der Waals surface area contributed by atoms with Crippen molar-refractivity contribution in [3.8, 4) is 0 Å². The molecule has 4 nitrogen and oxygen atoms in total. The van der Waals surface area contributed by atoms with Crippen molar-refractivity contribution in [1.82, 2.24) is 9.80 Å². The minimum Gasteiger partial charge on any atom is -0.387 e. The average Bonchev–Trinajstić information content (AvgIpc) is 2.92. The monoisotopic (exact) mass is 342 g/mol. The molecule has 0 bridgehead atoms. The number of β-amino-alcohol motifs (C(OH)–C–C–N with tert-alkyl or cyclic N) is 1. The van der Waals surface area contributed by atoms with Crippen molar-refractivity contribution >= 4 is 5.91 Å². The number of hydrogen-bond acceptors (Lipinski definition) is 3. The maximum Gasteiger partial charge on any atom is 0.253 e. The van der Waals surface area contributed by atoms with E-state index in [9.17, 15) is 23.1 Å². The number of halogens is 3. The first kappa shape index (κ1) is 17.2. The van der Waals surface area contributed by atoms with Gasteiger partial charge in [0.25, 0.3) is 11.8 Å². The van der Waals surface area contributed by atoms with Gasteiger partial charge >= 0.3 is 0 Å². The van der Waals surface area contributed by atoms with Crippen molar-refractivity contribution in [3.05, 3.63) is 35.6 Å². The number of alkyl halides is 2. The fraction of sp³-hybridized carbons (Fsp3) is 0.588. The molecule has 132 valence electrons. The summed E-state index contributed by atoms with van der Waals surface area (Å²) in [5.74, 6) is -3.28. The van der Waals surface area contributed by atoms with Gasteiger partial charge in [-0.15, -0.1) is 0 Å². The molecule has 7 heteroatoms. The zero-order chi connectivity index (χ0) is 17.4. The molecule has 24 heavy (non-hydrogen) atoms. The standard InChI is InChI=1S/C17H21F3N2O2/c18-14-3-1-13(2-4-14)15(23)22-10-5-16(24,12-22)11-21-8-6-17(19,20)7-9-21/h1-4,24H,5-12H2/t16-/m0/s1. The van der Waals surface area contributed by atoms with Gasteiger partial charge in [-0.3, -0.25) is 9.69 Å². The molecule has 2 aliphatic rings. The molecule has 0 unspecified atom stereocenters. The lowest BCUT2D eigenvalue weighted by molar-refractivity contribution is -0.0720. The summed E-state index contributed by atoms with van der Waals surface area (Å²) in [5, 5.41) is 10.7. The molecule has 3 rings (SSSR count). The predicted molar refractivity (Wildman–Crippen MR) is 82.5 cm³/mol. The van der Waals surface area contributed by atoms with Crippen LogP contribution in [0.15, 0.2) is 24.3 Å². The largest absolute Gasteiger partial charge is 0.387 e. The van der Waals surface area contributed by atoms with Crippen LogP contribution < -0.4 is 0 Å². The quantitative estimate of drug-likeness (QED) is 0.915.